The molecule has 200 valence electrons. The number of aromatic amines is 2. The molecule has 0 saturated carbocycles. The highest BCUT2D eigenvalue weighted by atomic mass is 32.2. The molecule has 39 heavy (non-hydrogen) atoms. The molecular formula is C29H29N5O4S. The molecule has 0 spiro atoms. The Balaban J connectivity index is 1.56. The fraction of sp³-hybridized carbons (Fsp3) is 0.241. The van der Waals surface area contributed by atoms with Gasteiger partial charge in [-0.25, -0.2) is 22.3 Å². The molecule has 0 bridgehead atoms. The summed E-state index contributed by atoms with van der Waals surface area (Å²) in [5.74, 6) is 0.0652. The molecule has 9 nitrogen and oxygen atoms in total. The van der Waals surface area contributed by atoms with Gasteiger partial charge in [-0.1, -0.05) is 31.5 Å². The third-order valence-corrected chi connectivity index (χ3v) is 8.63. The maximum Gasteiger partial charge on any atom is 0.342 e. The van der Waals surface area contributed by atoms with E-state index in [1.54, 1.807) is 30.5 Å². The molecule has 0 fully saturated rings. The molecular weight excluding hydrogens is 514 g/mol. The zero-order valence-corrected chi connectivity index (χ0v) is 23.2. The zero-order valence-electron chi connectivity index (χ0n) is 22.4. The molecule has 0 unspecified atom stereocenters. The Kier molecular flexibility index (Phi) is 6.59. The first-order valence-electron chi connectivity index (χ1n) is 12.6. The Morgan fingerprint density at radius 2 is 1.62 bits per heavy atom. The van der Waals surface area contributed by atoms with Gasteiger partial charge in [0, 0.05) is 23.9 Å². The van der Waals surface area contributed by atoms with Crippen molar-refractivity contribution < 1.29 is 8.42 Å². The van der Waals surface area contributed by atoms with Crippen LogP contribution in [0.1, 0.15) is 53.3 Å². The summed E-state index contributed by atoms with van der Waals surface area (Å²) < 4.78 is 28.4. The van der Waals surface area contributed by atoms with Crippen molar-refractivity contribution in [3.63, 3.8) is 0 Å². The van der Waals surface area contributed by atoms with Gasteiger partial charge in [-0.05, 0) is 85.3 Å². The molecule has 0 radical (unpaired) electrons. The van der Waals surface area contributed by atoms with Crippen LogP contribution < -0.4 is 11.2 Å². The maximum absolute atomic E-state index is 13.5. The smallest absolute Gasteiger partial charge is 0.271 e. The summed E-state index contributed by atoms with van der Waals surface area (Å²) in [5, 5.41) is 6.18. The molecule has 5 rings (SSSR count). The normalized spacial score (nSPS) is 11.9. The molecule has 3 aromatic heterocycles. The average molecular weight is 544 g/mol. The number of hydrogen-bond acceptors (Lipinski definition) is 6. The fourth-order valence-corrected chi connectivity index (χ4v) is 6.18. The summed E-state index contributed by atoms with van der Waals surface area (Å²) in [4.78, 5) is 30.9. The molecule has 3 heterocycles. The van der Waals surface area contributed by atoms with E-state index in [0.29, 0.717) is 23.0 Å². The highest BCUT2D eigenvalue weighted by Crippen LogP contribution is 2.31. The van der Waals surface area contributed by atoms with Crippen LogP contribution in [-0.4, -0.2) is 32.6 Å². The monoisotopic (exact) mass is 543 g/mol. The van der Waals surface area contributed by atoms with E-state index in [0.717, 1.165) is 33.5 Å². The van der Waals surface area contributed by atoms with Gasteiger partial charge in [0.05, 0.1) is 15.9 Å². The van der Waals surface area contributed by atoms with Crippen LogP contribution in [0.15, 0.2) is 69.2 Å². The molecule has 10 heteroatoms. The molecule has 5 aromatic rings. The van der Waals surface area contributed by atoms with Crippen molar-refractivity contribution in [2.24, 2.45) is 0 Å². The number of benzene rings is 2. The van der Waals surface area contributed by atoms with E-state index >= 15 is 0 Å². The summed E-state index contributed by atoms with van der Waals surface area (Å²) in [6.45, 7) is 9.86. The van der Waals surface area contributed by atoms with Gasteiger partial charge in [0.25, 0.3) is 15.6 Å². The lowest BCUT2D eigenvalue weighted by atomic mass is 9.94. The second-order valence-electron chi connectivity index (χ2n) is 10.1. The van der Waals surface area contributed by atoms with Crippen molar-refractivity contribution in [1.82, 2.24) is 24.1 Å². The van der Waals surface area contributed by atoms with Gasteiger partial charge in [-0.3, -0.25) is 14.8 Å². The molecule has 0 saturated heterocycles. The third-order valence-electron chi connectivity index (χ3n) is 6.94. The van der Waals surface area contributed by atoms with Gasteiger partial charge in [0.15, 0.2) is 5.69 Å². The first-order valence-corrected chi connectivity index (χ1v) is 14.0. The van der Waals surface area contributed by atoms with E-state index < -0.39 is 21.3 Å². The molecule has 0 aliphatic heterocycles. The number of rotatable bonds is 6. The van der Waals surface area contributed by atoms with Crippen LogP contribution in [0.25, 0.3) is 22.3 Å². The van der Waals surface area contributed by atoms with Crippen LogP contribution in [0.4, 0.5) is 0 Å². The van der Waals surface area contributed by atoms with Crippen LogP contribution in [0, 0.1) is 20.8 Å². The predicted molar refractivity (Wildman–Crippen MR) is 151 cm³/mol. The molecule has 0 aliphatic carbocycles. The third kappa shape index (κ3) is 4.83. The van der Waals surface area contributed by atoms with E-state index in [1.165, 1.54) is 3.97 Å². The highest BCUT2D eigenvalue weighted by molar-refractivity contribution is 7.90. The molecule has 0 amide bonds. The number of nitrogens with zero attached hydrogens (tertiary/aromatic N) is 3. The zero-order chi connectivity index (χ0) is 28.1. The minimum absolute atomic E-state index is 0.0652. The lowest BCUT2D eigenvalue weighted by molar-refractivity contribution is 0.589. The van der Waals surface area contributed by atoms with Crippen LogP contribution in [0.3, 0.4) is 0 Å². The van der Waals surface area contributed by atoms with E-state index in [-0.39, 0.29) is 16.5 Å². The number of pyridine rings is 1. The van der Waals surface area contributed by atoms with Crippen molar-refractivity contribution in [1.29, 1.82) is 0 Å². The number of nitrogens with one attached hydrogen (secondary N) is 2. The number of aryl methyl sites for hydroxylation is 3. The van der Waals surface area contributed by atoms with Crippen LogP contribution in [0.2, 0.25) is 0 Å². The van der Waals surface area contributed by atoms with Gasteiger partial charge in [0.2, 0.25) is 0 Å². The lowest BCUT2D eigenvalue weighted by Crippen LogP contribution is -2.25. The van der Waals surface area contributed by atoms with Gasteiger partial charge in [0.1, 0.15) is 0 Å². The molecule has 0 aliphatic rings. The fourth-order valence-electron chi connectivity index (χ4n) is 4.82. The van der Waals surface area contributed by atoms with Crippen molar-refractivity contribution >= 4 is 21.1 Å². The van der Waals surface area contributed by atoms with E-state index in [1.807, 2.05) is 58.9 Å². The SMILES string of the molecule is Cc1ccc(S(=O)(=O)n2cc(C(C)C)c3nc(Cc4c(C)cc(-c5n[nH]c(=O)[nH]c5=O)cc4C)ccc32)cc1. The van der Waals surface area contributed by atoms with Gasteiger partial charge >= 0.3 is 5.69 Å². The summed E-state index contributed by atoms with van der Waals surface area (Å²) in [6.07, 6.45) is 2.21. The largest absolute Gasteiger partial charge is 0.342 e. The Labute approximate surface area is 225 Å². The first kappa shape index (κ1) is 26.3. The summed E-state index contributed by atoms with van der Waals surface area (Å²) >= 11 is 0. The Hall–Kier alpha value is -4.31. The quantitative estimate of drug-likeness (QED) is 0.327. The number of hydrogen-bond donors (Lipinski definition) is 2. The summed E-state index contributed by atoms with van der Waals surface area (Å²) in [6, 6.07) is 14.2. The van der Waals surface area contributed by atoms with Crippen LogP contribution in [-0.2, 0) is 16.4 Å². The van der Waals surface area contributed by atoms with Crippen molar-refractivity contribution in [2.45, 2.75) is 51.9 Å². The van der Waals surface area contributed by atoms with E-state index in [2.05, 4.69) is 15.2 Å². The summed E-state index contributed by atoms with van der Waals surface area (Å²) in [7, 11) is -3.80. The second kappa shape index (κ2) is 9.77. The molecule has 2 N–H and O–H groups in total. The van der Waals surface area contributed by atoms with Gasteiger partial charge < -0.3 is 0 Å². The van der Waals surface area contributed by atoms with E-state index in [4.69, 9.17) is 4.98 Å². The lowest BCUT2D eigenvalue weighted by Gasteiger charge is -2.13. The van der Waals surface area contributed by atoms with Gasteiger partial charge in [-0.15, -0.1) is 0 Å². The van der Waals surface area contributed by atoms with Crippen LogP contribution in [0.5, 0.6) is 0 Å². The second-order valence-corrected chi connectivity index (χ2v) is 12.0. The minimum Gasteiger partial charge on any atom is -0.271 e. The number of aromatic nitrogens is 5. The van der Waals surface area contributed by atoms with Crippen LogP contribution >= 0.6 is 0 Å². The number of fused-ring (bicyclic) bond motifs is 1. The molecule has 2 aromatic carbocycles. The highest BCUT2D eigenvalue weighted by Gasteiger charge is 2.23. The number of H-pyrrole nitrogens is 2. The standard InChI is InChI=1S/C29H29N5O4S/c1-16(2)24-15-34(39(37,38)22-9-6-17(3)7-10-22)25-11-8-21(30-27(24)25)14-23-18(4)12-20(13-19(23)5)26-28(35)31-29(36)33-32-26/h6-13,15-16H,14H2,1-5H3,(H2,31,33,35,36). The Bertz CT molecular complexity index is 1930. The van der Waals surface area contributed by atoms with Crippen molar-refractivity contribution in [2.75, 3.05) is 0 Å². The first-order chi connectivity index (χ1) is 18.5. The van der Waals surface area contributed by atoms with Gasteiger partial charge in [-0.2, -0.15) is 5.10 Å². The predicted octanol–water partition coefficient (Wildman–Crippen LogP) is 4.35. The Morgan fingerprint density at radius 3 is 2.23 bits per heavy atom. The average Bonchev–Trinajstić information content (AvgIpc) is 3.26. The molecule has 0 atom stereocenters. The topological polar surface area (TPSA) is 131 Å². The minimum atomic E-state index is -3.80. The van der Waals surface area contributed by atoms with E-state index in [9.17, 15) is 18.0 Å². The Morgan fingerprint density at radius 1 is 0.949 bits per heavy atom. The van der Waals surface area contributed by atoms with Crippen molar-refractivity contribution in [3.8, 4) is 11.3 Å². The maximum atomic E-state index is 13.5. The summed E-state index contributed by atoms with van der Waals surface area (Å²) in [5.41, 5.74) is 6.32. The van der Waals surface area contributed by atoms with Crippen molar-refractivity contribution in [3.05, 3.63) is 109 Å².